The number of nitrogens with one attached hydrogen (secondary N) is 1. The first-order chi connectivity index (χ1) is 12.5. The first-order valence-electron chi connectivity index (χ1n) is 7.67. The fourth-order valence-corrected chi connectivity index (χ4v) is 3.56. The zero-order valence-electron chi connectivity index (χ0n) is 14.4. The van der Waals surface area contributed by atoms with Gasteiger partial charge in [0.25, 0.3) is 5.69 Å². The first kappa shape index (κ1) is 20.3. The minimum atomic E-state index is -4.00. The number of nitrogens with zero attached hydrogens (tertiary/aromatic N) is 2. The Morgan fingerprint density at radius 1 is 1.37 bits per heavy atom. The quantitative estimate of drug-likeness (QED) is 0.275. The van der Waals surface area contributed by atoms with Gasteiger partial charge in [-0.3, -0.25) is 19.7 Å². The van der Waals surface area contributed by atoms with E-state index in [0.29, 0.717) is 5.56 Å². The predicted octanol–water partition coefficient (Wildman–Crippen LogP) is -0.644. The number of ether oxygens (including phenoxy) is 1. The van der Waals surface area contributed by atoms with E-state index in [0.717, 1.165) is 11.2 Å². The molecule has 1 fully saturated rings. The van der Waals surface area contributed by atoms with E-state index in [-0.39, 0.29) is 18.8 Å². The lowest BCUT2D eigenvalue weighted by atomic mass is 10.1. The zero-order valence-corrected chi connectivity index (χ0v) is 15.3. The molecule has 27 heavy (non-hydrogen) atoms. The average molecular weight is 399 g/mol. The summed E-state index contributed by atoms with van der Waals surface area (Å²) < 4.78 is 28.9. The molecule has 2 atom stereocenters. The minimum absolute atomic E-state index is 0.136. The number of hydrogen-bond donors (Lipinski definition) is 1. The van der Waals surface area contributed by atoms with Crippen LogP contribution in [0.1, 0.15) is 12.5 Å². The Morgan fingerprint density at radius 2 is 1.96 bits per heavy atom. The maximum atomic E-state index is 12.3. The Balaban J connectivity index is 2.05. The molecule has 1 aliphatic heterocycles. The lowest BCUT2D eigenvalue weighted by Gasteiger charge is -2.41. The molecular weight excluding hydrogens is 382 g/mol. The molecule has 1 aromatic rings. The summed E-state index contributed by atoms with van der Waals surface area (Å²) in [5, 5.41) is 11.1. The second kappa shape index (κ2) is 7.70. The molecule has 1 aromatic carbocycles. The molecular formula is C15H17N3O8S. The Bertz CT molecular complexity index is 881. The van der Waals surface area contributed by atoms with Gasteiger partial charge in [0.1, 0.15) is 12.6 Å². The number of non-ortho nitro benzene ring substituents is 1. The van der Waals surface area contributed by atoms with Gasteiger partial charge in [0, 0.05) is 25.3 Å². The Hall–Kier alpha value is -3.02. The molecule has 12 heteroatoms. The maximum Gasteiger partial charge on any atom is 0.345 e. The smallest absolute Gasteiger partial charge is 0.345 e. The summed E-state index contributed by atoms with van der Waals surface area (Å²) in [5.74, 6) is -2.30. The fraction of sp³-hybridized carbons (Fsp3) is 0.400. The number of hydrogen-bond acceptors (Lipinski definition) is 8. The summed E-state index contributed by atoms with van der Waals surface area (Å²) in [4.78, 5) is 46.1. The zero-order chi connectivity index (χ0) is 20.4. The molecule has 0 aliphatic carbocycles. The van der Waals surface area contributed by atoms with E-state index in [2.05, 4.69) is 5.32 Å². The van der Waals surface area contributed by atoms with Crippen LogP contribution in [0.3, 0.4) is 0 Å². The molecule has 0 spiro atoms. The molecule has 0 bridgehead atoms. The summed E-state index contributed by atoms with van der Waals surface area (Å²) in [7, 11) is -4.00. The Morgan fingerprint density at radius 3 is 2.41 bits per heavy atom. The summed E-state index contributed by atoms with van der Waals surface area (Å²) >= 11 is 0. The number of carbonyl (C=O) groups excluding carboxylic acids is 3. The topological polar surface area (TPSA) is 153 Å². The van der Waals surface area contributed by atoms with E-state index >= 15 is 0 Å². The highest BCUT2D eigenvalue weighted by atomic mass is 32.2. The van der Waals surface area contributed by atoms with Crippen LogP contribution in [0.25, 0.3) is 0 Å². The second-order valence-corrected chi connectivity index (χ2v) is 8.06. The number of nitro benzene ring substituents is 1. The second-order valence-electron chi connectivity index (χ2n) is 5.96. The molecule has 1 heterocycles. The van der Waals surface area contributed by atoms with Crippen molar-refractivity contribution >= 4 is 33.3 Å². The highest BCUT2D eigenvalue weighted by Gasteiger charge is 2.49. The van der Waals surface area contributed by atoms with Crippen molar-refractivity contribution in [3.63, 3.8) is 0 Å². The van der Waals surface area contributed by atoms with E-state index in [1.165, 1.54) is 31.2 Å². The van der Waals surface area contributed by atoms with E-state index < -0.39 is 44.0 Å². The van der Waals surface area contributed by atoms with Gasteiger partial charge in [-0.15, -0.1) is 0 Å². The van der Waals surface area contributed by atoms with Gasteiger partial charge in [0.2, 0.25) is 17.2 Å². The molecule has 2 amide bonds. The van der Waals surface area contributed by atoms with Crippen LogP contribution >= 0.6 is 0 Å². The number of rotatable bonds is 7. The van der Waals surface area contributed by atoms with Crippen molar-refractivity contribution in [2.24, 2.45) is 0 Å². The summed E-state index contributed by atoms with van der Waals surface area (Å²) in [5.41, 5.74) is 0.265. The third kappa shape index (κ3) is 4.78. The third-order valence-electron chi connectivity index (χ3n) is 3.76. The summed E-state index contributed by atoms with van der Waals surface area (Å²) in [6, 6.07) is 4.28. The summed E-state index contributed by atoms with van der Waals surface area (Å²) in [6.45, 7) is 0.755. The van der Waals surface area contributed by atoms with Gasteiger partial charge in [0.15, 0.2) is 9.84 Å². The van der Waals surface area contributed by atoms with Gasteiger partial charge >= 0.3 is 5.97 Å². The van der Waals surface area contributed by atoms with E-state index in [9.17, 15) is 32.9 Å². The number of benzene rings is 1. The Kier molecular flexibility index (Phi) is 5.78. The molecule has 11 nitrogen and oxygen atoms in total. The number of carbonyl (C=O) groups is 3. The highest BCUT2D eigenvalue weighted by molar-refractivity contribution is 7.92. The van der Waals surface area contributed by atoms with Crippen LogP contribution in [-0.2, 0) is 35.6 Å². The van der Waals surface area contributed by atoms with Crippen LogP contribution in [0.2, 0.25) is 0 Å². The molecule has 1 saturated heterocycles. The summed E-state index contributed by atoms with van der Waals surface area (Å²) in [6.07, 6.45) is 0.795. The van der Waals surface area contributed by atoms with Crippen molar-refractivity contribution in [1.29, 1.82) is 0 Å². The van der Waals surface area contributed by atoms with Crippen LogP contribution in [0.4, 0.5) is 5.69 Å². The highest BCUT2D eigenvalue weighted by Crippen LogP contribution is 2.20. The SMILES string of the molecule is CC(=O)N[C@H]1CN(C(C(=O)OCc2ccc([N+](=O)[O-])cc2)S(C)(=O)=O)C1=O. The molecule has 146 valence electrons. The van der Waals surface area contributed by atoms with Gasteiger partial charge in [-0.1, -0.05) is 0 Å². The van der Waals surface area contributed by atoms with Crippen LogP contribution in [0.5, 0.6) is 0 Å². The lowest BCUT2D eigenvalue weighted by Crippen LogP contribution is -2.69. The molecule has 0 radical (unpaired) electrons. The van der Waals surface area contributed by atoms with Gasteiger partial charge in [-0.05, 0) is 17.7 Å². The van der Waals surface area contributed by atoms with Crippen molar-refractivity contribution in [3.05, 3.63) is 39.9 Å². The van der Waals surface area contributed by atoms with Gasteiger partial charge in [0.05, 0.1) is 11.5 Å². The number of esters is 1. The van der Waals surface area contributed by atoms with Crippen molar-refractivity contribution in [1.82, 2.24) is 10.2 Å². The number of likely N-dealkylation sites (tertiary alicyclic amines) is 1. The standard InChI is InChI=1S/C15H17N3O8S/c1-9(19)16-12-7-17(13(12)20)14(27(2,24)25)15(21)26-8-10-3-5-11(6-4-10)18(22)23/h3-6,12,14H,7-8H2,1-2H3,(H,16,19)/t12-,14?/m0/s1. The monoisotopic (exact) mass is 399 g/mol. The molecule has 0 saturated carbocycles. The Labute approximate surface area is 154 Å². The number of amides is 2. The van der Waals surface area contributed by atoms with Gasteiger partial charge in [-0.25, -0.2) is 13.2 Å². The minimum Gasteiger partial charge on any atom is -0.459 e. The lowest BCUT2D eigenvalue weighted by molar-refractivity contribution is -0.384. The number of sulfone groups is 1. The average Bonchev–Trinajstić information content (AvgIpc) is 2.57. The van der Waals surface area contributed by atoms with Crippen molar-refractivity contribution in [3.8, 4) is 0 Å². The first-order valence-corrected chi connectivity index (χ1v) is 9.62. The van der Waals surface area contributed by atoms with Crippen LogP contribution in [0.15, 0.2) is 24.3 Å². The van der Waals surface area contributed by atoms with Gasteiger partial charge < -0.3 is 15.0 Å². The number of β-lactam (4-membered cyclic amide) rings is 1. The van der Waals surface area contributed by atoms with Crippen LogP contribution in [0, 0.1) is 10.1 Å². The third-order valence-corrected chi connectivity index (χ3v) is 5.01. The maximum absolute atomic E-state index is 12.3. The molecule has 1 N–H and O–H groups in total. The van der Waals surface area contributed by atoms with E-state index in [1.54, 1.807) is 0 Å². The fourth-order valence-electron chi connectivity index (χ4n) is 2.49. The van der Waals surface area contributed by atoms with Crippen LogP contribution < -0.4 is 5.32 Å². The molecule has 1 unspecified atom stereocenters. The van der Waals surface area contributed by atoms with Crippen LogP contribution in [-0.4, -0.2) is 60.2 Å². The predicted molar refractivity (Wildman–Crippen MR) is 90.8 cm³/mol. The normalized spacial score (nSPS) is 17.6. The van der Waals surface area contributed by atoms with E-state index in [4.69, 9.17) is 4.74 Å². The van der Waals surface area contributed by atoms with Crippen molar-refractivity contribution in [2.45, 2.75) is 24.9 Å². The molecule has 2 rings (SSSR count). The van der Waals surface area contributed by atoms with Crippen molar-refractivity contribution in [2.75, 3.05) is 12.8 Å². The number of nitro groups is 1. The molecule has 1 aliphatic rings. The molecule has 0 aromatic heterocycles. The van der Waals surface area contributed by atoms with E-state index in [1.807, 2.05) is 0 Å². The van der Waals surface area contributed by atoms with Gasteiger partial charge in [-0.2, -0.15) is 0 Å². The van der Waals surface area contributed by atoms with Crippen molar-refractivity contribution < 1.29 is 32.5 Å². The largest absolute Gasteiger partial charge is 0.459 e.